The highest BCUT2D eigenvalue weighted by Crippen LogP contribution is 2.37. The van der Waals surface area contributed by atoms with Gasteiger partial charge in [0.25, 0.3) is 5.91 Å². The van der Waals surface area contributed by atoms with E-state index in [1.807, 2.05) is 12.1 Å². The van der Waals surface area contributed by atoms with E-state index in [-0.39, 0.29) is 17.1 Å². The molecule has 0 aromatic heterocycles. The zero-order valence-corrected chi connectivity index (χ0v) is 22.4. The summed E-state index contributed by atoms with van der Waals surface area (Å²) in [6.07, 6.45) is 7.42. The third-order valence-corrected chi connectivity index (χ3v) is 5.67. The number of carbonyl (C=O) groups is 2. The van der Waals surface area contributed by atoms with Crippen molar-refractivity contribution in [1.29, 1.82) is 0 Å². The molecular weight excluding hydrogens is 438 g/mol. The summed E-state index contributed by atoms with van der Waals surface area (Å²) in [4.78, 5) is 26.5. The van der Waals surface area contributed by atoms with Gasteiger partial charge in [-0.3, -0.25) is 9.59 Å². The number of hydrogen-bond donors (Lipinski definition) is 0. The van der Waals surface area contributed by atoms with E-state index < -0.39 is 0 Å². The van der Waals surface area contributed by atoms with Crippen LogP contribution in [0.5, 0.6) is 11.5 Å². The minimum atomic E-state index is -0.134. The van der Waals surface area contributed by atoms with Crippen molar-refractivity contribution in [3.05, 3.63) is 64.7 Å². The SMILES string of the molecule is CCCCOc1cc(OCCCC)c(C(C)(C)C)cc1C=CC(=O)c1ccc(C(=O)N(C)C)cc1. The minimum Gasteiger partial charge on any atom is -0.493 e. The second-order valence-electron chi connectivity index (χ2n) is 10.0. The number of nitrogens with zero attached hydrogens (tertiary/aromatic N) is 1. The van der Waals surface area contributed by atoms with E-state index in [2.05, 4.69) is 40.7 Å². The summed E-state index contributed by atoms with van der Waals surface area (Å²) in [6, 6.07) is 10.8. The summed E-state index contributed by atoms with van der Waals surface area (Å²) in [5, 5.41) is 0. The fraction of sp³-hybridized carbons (Fsp3) is 0.467. The quantitative estimate of drug-likeness (QED) is 0.188. The van der Waals surface area contributed by atoms with Crippen molar-refractivity contribution in [2.75, 3.05) is 27.3 Å². The average molecular weight is 480 g/mol. The molecule has 0 bridgehead atoms. The normalized spacial score (nSPS) is 11.5. The summed E-state index contributed by atoms with van der Waals surface area (Å²) < 4.78 is 12.3. The molecular formula is C30H41NO4. The highest BCUT2D eigenvalue weighted by Gasteiger charge is 2.22. The average Bonchev–Trinajstić information content (AvgIpc) is 2.82. The Labute approximate surface area is 211 Å². The number of unbranched alkanes of at least 4 members (excludes halogenated alkanes) is 2. The van der Waals surface area contributed by atoms with Gasteiger partial charge in [-0.1, -0.05) is 59.6 Å². The van der Waals surface area contributed by atoms with Crippen molar-refractivity contribution in [3.8, 4) is 11.5 Å². The van der Waals surface area contributed by atoms with Gasteiger partial charge < -0.3 is 14.4 Å². The predicted molar refractivity (Wildman–Crippen MR) is 144 cm³/mol. The van der Waals surface area contributed by atoms with Gasteiger partial charge in [0.2, 0.25) is 0 Å². The Morgan fingerprint density at radius 2 is 1.40 bits per heavy atom. The zero-order valence-electron chi connectivity index (χ0n) is 22.4. The smallest absolute Gasteiger partial charge is 0.253 e. The molecule has 0 unspecified atom stereocenters. The molecule has 1 amide bonds. The Balaban J connectivity index is 2.38. The second-order valence-corrected chi connectivity index (χ2v) is 10.0. The standard InChI is InChI=1S/C30H41NO4/c1-8-10-18-34-27-21-28(35-19-11-9-2)25(30(3,4)5)20-24(27)16-17-26(32)22-12-14-23(15-13-22)29(33)31(6)7/h12-17,20-21H,8-11,18-19H2,1-7H3. The largest absolute Gasteiger partial charge is 0.493 e. The molecule has 0 N–H and O–H groups in total. The van der Waals surface area contributed by atoms with Gasteiger partial charge in [-0.2, -0.15) is 0 Å². The molecule has 5 nitrogen and oxygen atoms in total. The first-order chi connectivity index (χ1) is 16.6. The summed E-state index contributed by atoms with van der Waals surface area (Å²) in [7, 11) is 3.41. The van der Waals surface area contributed by atoms with Crippen LogP contribution in [0.4, 0.5) is 0 Å². The fourth-order valence-corrected chi connectivity index (χ4v) is 3.49. The summed E-state index contributed by atoms with van der Waals surface area (Å²) in [5.41, 5.74) is 2.87. The molecule has 190 valence electrons. The molecule has 0 saturated carbocycles. The molecule has 0 aliphatic heterocycles. The van der Waals surface area contributed by atoms with Crippen LogP contribution in [0.25, 0.3) is 6.08 Å². The van der Waals surface area contributed by atoms with Gasteiger partial charge in [0.05, 0.1) is 13.2 Å². The second kappa shape index (κ2) is 13.1. The molecule has 5 heteroatoms. The molecule has 0 atom stereocenters. The van der Waals surface area contributed by atoms with Crippen LogP contribution in [-0.4, -0.2) is 43.9 Å². The van der Waals surface area contributed by atoms with Crippen LogP contribution < -0.4 is 9.47 Å². The van der Waals surface area contributed by atoms with Crippen LogP contribution in [0.15, 0.2) is 42.5 Å². The van der Waals surface area contributed by atoms with Crippen LogP contribution in [0.1, 0.15) is 92.1 Å². The first-order valence-electron chi connectivity index (χ1n) is 12.6. The Bertz CT molecular complexity index is 1010. The Kier molecular flexibility index (Phi) is 10.6. The highest BCUT2D eigenvalue weighted by molar-refractivity contribution is 6.07. The lowest BCUT2D eigenvalue weighted by molar-refractivity contribution is 0.0827. The number of ether oxygens (including phenoxy) is 2. The van der Waals surface area contributed by atoms with Gasteiger partial charge in [0.15, 0.2) is 5.78 Å². The number of allylic oxidation sites excluding steroid dienone is 1. The van der Waals surface area contributed by atoms with Crippen molar-refractivity contribution < 1.29 is 19.1 Å². The number of benzene rings is 2. The Morgan fingerprint density at radius 1 is 0.857 bits per heavy atom. The molecule has 2 rings (SSSR count). The van der Waals surface area contributed by atoms with Crippen LogP contribution in [-0.2, 0) is 5.41 Å². The van der Waals surface area contributed by atoms with E-state index in [0.29, 0.717) is 30.1 Å². The number of hydrogen-bond acceptors (Lipinski definition) is 4. The maximum Gasteiger partial charge on any atom is 0.253 e. The van der Waals surface area contributed by atoms with Crippen molar-refractivity contribution in [2.24, 2.45) is 0 Å². The van der Waals surface area contributed by atoms with Crippen LogP contribution in [0.3, 0.4) is 0 Å². The third kappa shape index (κ3) is 8.27. The molecule has 0 heterocycles. The number of rotatable bonds is 12. The first kappa shape index (κ1) is 28.2. The van der Waals surface area contributed by atoms with Crippen molar-refractivity contribution in [1.82, 2.24) is 4.90 Å². The summed E-state index contributed by atoms with van der Waals surface area (Å²) in [5.74, 6) is 1.33. The first-order valence-corrected chi connectivity index (χ1v) is 12.6. The van der Waals surface area contributed by atoms with Gasteiger partial charge in [0, 0.05) is 42.4 Å². The fourth-order valence-electron chi connectivity index (χ4n) is 3.49. The van der Waals surface area contributed by atoms with E-state index in [0.717, 1.165) is 42.6 Å². The van der Waals surface area contributed by atoms with Gasteiger partial charge in [-0.05, 0) is 48.6 Å². The van der Waals surface area contributed by atoms with Gasteiger partial charge in [0.1, 0.15) is 11.5 Å². The molecule has 2 aromatic carbocycles. The van der Waals surface area contributed by atoms with Gasteiger partial charge in [-0.15, -0.1) is 0 Å². The lowest BCUT2D eigenvalue weighted by Gasteiger charge is -2.25. The van der Waals surface area contributed by atoms with E-state index >= 15 is 0 Å². The monoisotopic (exact) mass is 479 g/mol. The maximum atomic E-state index is 12.9. The van der Waals surface area contributed by atoms with Gasteiger partial charge in [-0.25, -0.2) is 0 Å². The van der Waals surface area contributed by atoms with E-state index in [1.54, 1.807) is 44.4 Å². The Hall–Kier alpha value is -3.08. The van der Waals surface area contributed by atoms with Crippen LogP contribution >= 0.6 is 0 Å². The molecule has 0 aliphatic rings. The van der Waals surface area contributed by atoms with E-state index in [4.69, 9.17) is 9.47 Å². The predicted octanol–water partition coefficient (Wildman–Crippen LogP) is 6.94. The molecule has 2 aromatic rings. The van der Waals surface area contributed by atoms with Crippen molar-refractivity contribution in [2.45, 2.75) is 65.7 Å². The Morgan fingerprint density at radius 3 is 1.91 bits per heavy atom. The van der Waals surface area contributed by atoms with Crippen LogP contribution in [0.2, 0.25) is 0 Å². The van der Waals surface area contributed by atoms with Crippen molar-refractivity contribution >= 4 is 17.8 Å². The number of amides is 1. The lowest BCUT2D eigenvalue weighted by Crippen LogP contribution is -2.21. The zero-order chi connectivity index (χ0) is 26.0. The third-order valence-electron chi connectivity index (χ3n) is 5.67. The van der Waals surface area contributed by atoms with Crippen LogP contribution in [0, 0.1) is 0 Å². The van der Waals surface area contributed by atoms with Crippen molar-refractivity contribution in [3.63, 3.8) is 0 Å². The molecule has 0 fully saturated rings. The van der Waals surface area contributed by atoms with Gasteiger partial charge >= 0.3 is 0 Å². The number of ketones is 1. The topological polar surface area (TPSA) is 55.8 Å². The molecule has 0 saturated heterocycles. The molecule has 0 spiro atoms. The summed E-state index contributed by atoms with van der Waals surface area (Å²) in [6.45, 7) is 12.0. The van der Waals surface area contributed by atoms with E-state index in [1.165, 1.54) is 4.90 Å². The minimum absolute atomic E-state index is 0.0932. The lowest BCUT2D eigenvalue weighted by atomic mass is 9.85. The molecule has 0 aliphatic carbocycles. The number of carbonyl (C=O) groups excluding carboxylic acids is 2. The summed E-state index contributed by atoms with van der Waals surface area (Å²) >= 11 is 0. The van der Waals surface area contributed by atoms with E-state index in [9.17, 15) is 9.59 Å². The highest BCUT2D eigenvalue weighted by atomic mass is 16.5. The maximum absolute atomic E-state index is 12.9. The molecule has 35 heavy (non-hydrogen) atoms. The molecule has 0 radical (unpaired) electrons.